The number of piperidine rings is 1. The van der Waals surface area contributed by atoms with E-state index < -0.39 is 11.6 Å². The zero-order valence-corrected chi connectivity index (χ0v) is 20.2. The second-order valence-electron chi connectivity index (χ2n) is 10.0. The molecule has 0 saturated carbocycles. The third-order valence-electron chi connectivity index (χ3n) is 6.17. The van der Waals surface area contributed by atoms with Crippen LogP contribution in [0.3, 0.4) is 0 Å². The van der Waals surface area contributed by atoms with Crippen LogP contribution in [-0.4, -0.2) is 65.7 Å². The third kappa shape index (κ3) is 4.60. The van der Waals surface area contributed by atoms with E-state index in [0.717, 1.165) is 22.6 Å². The summed E-state index contributed by atoms with van der Waals surface area (Å²) in [6.07, 6.45) is 7.70. The SMILES string of the molecule is Cn1cc(-c2cn3nccc3c(N3CCC(F)(CNC(=O)c4noc(C(C)(C)C)n4)CC3)n2)cn1. The maximum atomic E-state index is 15.6. The smallest absolute Gasteiger partial charge is 0.292 e. The van der Waals surface area contributed by atoms with Crippen molar-refractivity contribution in [1.82, 2.24) is 39.8 Å². The summed E-state index contributed by atoms with van der Waals surface area (Å²) < 4.78 is 24.2. The monoisotopic (exact) mass is 481 g/mol. The lowest BCUT2D eigenvalue weighted by Gasteiger charge is -2.37. The van der Waals surface area contributed by atoms with Crippen LogP contribution in [0.15, 0.2) is 35.4 Å². The van der Waals surface area contributed by atoms with E-state index in [1.54, 1.807) is 21.6 Å². The molecule has 0 bridgehead atoms. The van der Waals surface area contributed by atoms with E-state index >= 15 is 4.39 Å². The standard InChI is InChI=1S/C23H28FN9O2/c1-22(2,3)21-29-18(30-35-21)20(34)25-14-23(24)6-9-32(10-7-23)19-17-5-8-26-33(17)13-16(28-19)15-11-27-31(4)12-15/h5,8,11-13H,6-7,9-10,14H2,1-4H3,(H,25,34). The summed E-state index contributed by atoms with van der Waals surface area (Å²) in [5.74, 6) is 0.473. The largest absolute Gasteiger partial charge is 0.355 e. The van der Waals surface area contributed by atoms with Crippen molar-refractivity contribution in [3.8, 4) is 11.3 Å². The van der Waals surface area contributed by atoms with Crippen LogP contribution in [0.1, 0.15) is 50.1 Å². The first kappa shape index (κ1) is 22.9. The van der Waals surface area contributed by atoms with Crippen molar-refractivity contribution in [2.75, 3.05) is 24.5 Å². The molecule has 11 nitrogen and oxygen atoms in total. The fraction of sp³-hybridized carbons (Fsp3) is 0.478. The maximum Gasteiger partial charge on any atom is 0.292 e. The zero-order chi connectivity index (χ0) is 24.8. The molecule has 0 atom stereocenters. The molecule has 4 aromatic rings. The van der Waals surface area contributed by atoms with Gasteiger partial charge in [0.2, 0.25) is 5.89 Å². The molecule has 1 fully saturated rings. The number of nitrogens with one attached hydrogen (secondary N) is 1. The van der Waals surface area contributed by atoms with Crippen LogP contribution >= 0.6 is 0 Å². The Labute approximate surface area is 201 Å². The van der Waals surface area contributed by atoms with Gasteiger partial charge in [-0.3, -0.25) is 9.48 Å². The summed E-state index contributed by atoms with van der Waals surface area (Å²) in [5.41, 5.74) is 0.553. The number of carbonyl (C=O) groups is 1. The Hall–Kier alpha value is -3.83. The van der Waals surface area contributed by atoms with Crippen molar-refractivity contribution in [3.05, 3.63) is 42.6 Å². The summed E-state index contributed by atoms with van der Waals surface area (Å²) in [6, 6.07) is 1.89. The van der Waals surface area contributed by atoms with Crippen LogP contribution in [-0.2, 0) is 12.5 Å². The van der Waals surface area contributed by atoms with Crippen LogP contribution in [0.2, 0.25) is 0 Å². The quantitative estimate of drug-likeness (QED) is 0.462. The van der Waals surface area contributed by atoms with Gasteiger partial charge in [0, 0.05) is 50.2 Å². The van der Waals surface area contributed by atoms with E-state index in [0.29, 0.717) is 19.0 Å². The molecule has 0 aromatic carbocycles. The summed E-state index contributed by atoms with van der Waals surface area (Å²) >= 11 is 0. The predicted molar refractivity (Wildman–Crippen MR) is 126 cm³/mol. The molecule has 12 heteroatoms. The van der Waals surface area contributed by atoms with Crippen LogP contribution in [0.5, 0.6) is 0 Å². The predicted octanol–water partition coefficient (Wildman–Crippen LogP) is 2.55. The zero-order valence-electron chi connectivity index (χ0n) is 20.2. The number of hydrogen-bond acceptors (Lipinski definition) is 8. The van der Waals surface area contributed by atoms with Crippen molar-refractivity contribution in [1.29, 1.82) is 0 Å². The van der Waals surface area contributed by atoms with Crippen molar-refractivity contribution < 1.29 is 13.7 Å². The van der Waals surface area contributed by atoms with E-state index in [2.05, 4.69) is 30.6 Å². The van der Waals surface area contributed by atoms with Crippen molar-refractivity contribution in [3.63, 3.8) is 0 Å². The summed E-state index contributed by atoms with van der Waals surface area (Å²) in [7, 11) is 1.85. The number of nitrogens with zero attached hydrogens (tertiary/aromatic N) is 8. The Morgan fingerprint density at radius 3 is 2.63 bits per heavy atom. The molecule has 0 unspecified atom stereocenters. The van der Waals surface area contributed by atoms with Crippen LogP contribution < -0.4 is 10.2 Å². The molecule has 1 aliphatic rings. The lowest BCUT2D eigenvalue weighted by atomic mass is 9.93. The molecular formula is C23H28FN9O2. The number of aryl methyl sites for hydroxylation is 1. The van der Waals surface area contributed by atoms with Gasteiger partial charge < -0.3 is 14.7 Å². The van der Waals surface area contributed by atoms with E-state index in [1.165, 1.54) is 0 Å². The van der Waals surface area contributed by atoms with Gasteiger partial charge >= 0.3 is 0 Å². The number of halogens is 1. The Kier molecular flexibility index (Phi) is 5.53. The van der Waals surface area contributed by atoms with Gasteiger partial charge in [-0.1, -0.05) is 25.9 Å². The van der Waals surface area contributed by atoms with Gasteiger partial charge in [0.25, 0.3) is 11.7 Å². The normalized spacial score (nSPS) is 16.1. The van der Waals surface area contributed by atoms with Gasteiger partial charge in [-0.05, 0) is 6.07 Å². The molecule has 1 amide bonds. The van der Waals surface area contributed by atoms with Gasteiger partial charge in [0.1, 0.15) is 11.2 Å². The number of amides is 1. The minimum atomic E-state index is -1.54. The lowest BCUT2D eigenvalue weighted by molar-refractivity contribution is 0.0843. The Bertz CT molecular complexity index is 1360. The first-order valence-corrected chi connectivity index (χ1v) is 11.5. The summed E-state index contributed by atoms with van der Waals surface area (Å²) in [4.78, 5) is 23.5. The van der Waals surface area contributed by atoms with Crippen molar-refractivity contribution in [2.45, 2.75) is 44.7 Å². The Balaban J connectivity index is 1.26. The molecule has 1 saturated heterocycles. The van der Waals surface area contributed by atoms with Gasteiger partial charge in [0.05, 0.1) is 30.8 Å². The number of anilines is 1. The first-order valence-electron chi connectivity index (χ1n) is 11.5. The molecule has 5 rings (SSSR count). The number of alkyl halides is 1. The molecule has 0 aliphatic carbocycles. The van der Waals surface area contributed by atoms with Crippen molar-refractivity contribution in [2.24, 2.45) is 7.05 Å². The fourth-order valence-corrected chi connectivity index (χ4v) is 4.07. The van der Waals surface area contributed by atoms with Crippen molar-refractivity contribution >= 4 is 17.2 Å². The number of fused-ring (bicyclic) bond motifs is 1. The lowest BCUT2D eigenvalue weighted by Crippen LogP contribution is -2.48. The van der Waals surface area contributed by atoms with E-state index in [-0.39, 0.29) is 30.6 Å². The second-order valence-corrected chi connectivity index (χ2v) is 10.0. The maximum absolute atomic E-state index is 15.6. The highest BCUT2D eigenvalue weighted by atomic mass is 19.1. The average molecular weight is 482 g/mol. The Morgan fingerprint density at radius 1 is 1.20 bits per heavy atom. The first-order chi connectivity index (χ1) is 16.6. The number of aromatic nitrogens is 7. The van der Waals surface area contributed by atoms with E-state index in [9.17, 15) is 4.79 Å². The van der Waals surface area contributed by atoms with Crippen LogP contribution in [0, 0.1) is 0 Å². The molecule has 0 radical (unpaired) electrons. The molecule has 35 heavy (non-hydrogen) atoms. The summed E-state index contributed by atoms with van der Waals surface area (Å²) in [5, 5.41) is 15.0. The molecule has 5 heterocycles. The Morgan fingerprint density at radius 2 is 1.97 bits per heavy atom. The minimum absolute atomic E-state index is 0.0875. The minimum Gasteiger partial charge on any atom is -0.355 e. The highest BCUT2D eigenvalue weighted by molar-refractivity contribution is 5.90. The van der Waals surface area contributed by atoms with Gasteiger partial charge in [-0.15, -0.1) is 0 Å². The van der Waals surface area contributed by atoms with Gasteiger partial charge in [0.15, 0.2) is 5.82 Å². The molecule has 1 N–H and O–H groups in total. The highest BCUT2D eigenvalue weighted by Gasteiger charge is 2.36. The molecule has 1 aliphatic heterocycles. The van der Waals surface area contributed by atoms with Gasteiger partial charge in [-0.25, -0.2) is 13.9 Å². The number of rotatable bonds is 5. The molecule has 184 valence electrons. The highest BCUT2D eigenvalue weighted by Crippen LogP contribution is 2.32. The van der Waals surface area contributed by atoms with Crippen LogP contribution in [0.4, 0.5) is 10.2 Å². The van der Waals surface area contributed by atoms with E-state index in [1.807, 2.05) is 46.3 Å². The molecular weight excluding hydrogens is 453 g/mol. The second kappa shape index (κ2) is 8.43. The summed E-state index contributed by atoms with van der Waals surface area (Å²) in [6.45, 7) is 6.51. The molecule has 0 spiro atoms. The topological polar surface area (TPSA) is 119 Å². The van der Waals surface area contributed by atoms with E-state index in [4.69, 9.17) is 9.51 Å². The number of carbonyl (C=O) groups excluding carboxylic acids is 1. The van der Waals surface area contributed by atoms with Gasteiger partial charge in [-0.2, -0.15) is 15.2 Å². The third-order valence-corrected chi connectivity index (χ3v) is 6.17. The number of hydrogen-bond donors (Lipinski definition) is 1. The fourth-order valence-electron chi connectivity index (χ4n) is 4.07. The molecule has 4 aromatic heterocycles. The van der Waals surface area contributed by atoms with Crippen LogP contribution in [0.25, 0.3) is 16.8 Å². The average Bonchev–Trinajstić information content (AvgIpc) is 3.57.